The molecule has 0 rings (SSSR count). The molecule has 0 heterocycles. The molecule has 0 aliphatic carbocycles. The molecule has 0 aliphatic rings. The van der Waals surface area contributed by atoms with Gasteiger partial charge in [-0.15, -0.1) is 0 Å². The number of methoxy groups -OCH3 is 1. The summed E-state index contributed by atoms with van der Waals surface area (Å²) in [6.45, 7) is 5.80. The van der Waals surface area contributed by atoms with E-state index in [9.17, 15) is 0 Å². The van der Waals surface area contributed by atoms with Gasteiger partial charge in [0.15, 0.2) is 0 Å². The Hall–Kier alpha value is -1.02. The topological polar surface area (TPSA) is 29.5 Å². The zero-order valence-electron chi connectivity index (χ0n) is 7.71. The number of hydrogen-bond acceptors (Lipinski definition) is 2. The van der Waals surface area contributed by atoms with Gasteiger partial charge in [-0.1, -0.05) is 18.2 Å². The van der Waals surface area contributed by atoms with Crippen LogP contribution in [-0.4, -0.2) is 18.8 Å². The average Bonchev–Trinajstić information content (AvgIpc) is 2.07. The first-order valence-electron chi connectivity index (χ1n) is 3.91. The SMILES string of the molecule is C=C(/C=C\C(=C/C)OC)CCO. The Morgan fingerprint density at radius 3 is 2.58 bits per heavy atom. The number of aliphatic hydroxyl groups excluding tert-OH is 1. The summed E-state index contributed by atoms with van der Waals surface area (Å²) in [5.74, 6) is 0.800. The monoisotopic (exact) mass is 168 g/mol. The van der Waals surface area contributed by atoms with Crippen LogP contribution in [0.2, 0.25) is 0 Å². The summed E-state index contributed by atoms with van der Waals surface area (Å²) in [5, 5.41) is 8.58. The molecule has 12 heavy (non-hydrogen) atoms. The summed E-state index contributed by atoms with van der Waals surface area (Å²) in [7, 11) is 1.62. The minimum Gasteiger partial charge on any atom is -0.497 e. The fourth-order valence-corrected chi connectivity index (χ4v) is 0.709. The summed E-state index contributed by atoms with van der Waals surface area (Å²) in [6, 6.07) is 0. The standard InChI is InChI=1S/C10H16O2/c1-4-10(12-3)6-5-9(2)7-8-11/h4-6,11H,2,7-8H2,1,3H3/b6-5-,10-4+. The summed E-state index contributed by atoms with van der Waals surface area (Å²) < 4.78 is 5.00. The highest BCUT2D eigenvalue weighted by molar-refractivity contribution is 5.22. The second-order valence-corrected chi connectivity index (χ2v) is 2.36. The van der Waals surface area contributed by atoms with E-state index in [1.165, 1.54) is 0 Å². The predicted molar refractivity (Wildman–Crippen MR) is 50.7 cm³/mol. The molecule has 0 aromatic carbocycles. The Labute approximate surface area is 73.9 Å². The Balaban J connectivity index is 3.96. The van der Waals surface area contributed by atoms with Gasteiger partial charge in [0, 0.05) is 6.61 Å². The maximum absolute atomic E-state index is 8.58. The maximum Gasteiger partial charge on any atom is 0.114 e. The van der Waals surface area contributed by atoms with Crippen molar-refractivity contribution in [3.63, 3.8) is 0 Å². The van der Waals surface area contributed by atoms with Crippen molar-refractivity contribution in [2.45, 2.75) is 13.3 Å². The first-order chi connectivity index (χ1) is 5.74. The van der Waals surface area contributed by atoms with E-state index in [4.69, 9.17) is 9.84 Å². The summed E-state index contributed by atoms with van der Waals surface area (Å²) in [6.07, 6.45) is 6.15. The van der Waals surface area contributed by atoms with Crippen molar-refractivity contribution in [1.29, 1.82) is 0 Å². The number of allylic oxidation sites excluding steroid dienone is 3. The predicted octanol–water partition coefficient (Wildman–Crippen LogP) is 2.03. The molecule has 0 aromatic rings. The molecule has 0 fully saturated rings. The zero-order chi connectivity index (χ0) is 9.40. The van der Waals surface area contributed by atoms with Crippen LogP contribution in [0.4, 0.5) is 0 Å². The van der Waals surface area contributed by atoms with Crippen LogP contribution in [-0.2, 0) is 4.74 Å². The quantitative estimate of drug-likeness (QED) is 0.502. The molecule has 0 saturated carbocycles. The summed E-state index contributed by atoms with van der Waals surface area (Å²) in [4.78, 5) is 0. The van der Waals surface area contributed by atoms with Gasteiger partial charge in [-0.25, -0.2) is 0 Å². The molecule has 2 nitrogen and oxygen atoms in total. The maximum atomic E-state index is 8.58. The van der Waals surface area contributed by atoms with Crippen LogP contribution >= 0.6 is 0 Å². The lowest BCUT2D eigenvalue weighted by molar-refractivity contribution is 0.299. The van der Waals surface area contributed by atoms with Crippen molar-refractivity contribution in [3.8, 4) is 0 Å². The Morgan fingerprint density at radius 2 is 2.17 bits per heavy atom. The Kier molecular flexibility index (Phi) is 6.11. The third-order valence-corrected chi connectivity index (χ3v) is 1.44. The van der Waals surface area contributed by atoms with Crippen LogP contribution in [0, 0.1) is 0 Å². The summed E-state index contributed by atoms with van der Waals surface area (Å²) in [5.41, 5.74) is 0.897. The number of rotatable bonds is 5. The third-order valence-electron chi connectivity index (χ3n) is 1.44. The molecule has 0 spiro atoms. The van der Waals surface area contributed by atoms with Gasteiger partial charge in [-0.3, -0.25) is 0 Å². The van der Waals surface area contributed by atoms with E-state index in [1.54, 1.807) is 7.11 Å². The molecule has 0 amide bonds. The van der Waals surface area contributed by atoms with E-state index in [1.807, 2.05) is 25.2 Å². The van der Waals surface area contributed by atoms with Crippen molar-refractivity contribution in [1.82, 2.24) is 0 Å². The molecule has 0 unspecified atom stereocenters. The lowest BCUT2D eigenvalue weighted by Crippen LogP contribution is -1.84. The van der Waals surface area contributed by atoms with Crippen LogP contribution in [0.15, 0.2) is 36.1 Å². The average molecular weight is 168 g/mol. The molecule has 0 aliphatic heterocycles. The fraction of sp³-hybridized carbons (Fsp3) is 0.400. The van der Waals surface area contributed by atoms with Crippen molar-refractivity contribution in [3.05, 3.63) is 36.1 Å². The number of aliphatic hydroxyl groups is 1. The molecular formula is C10H16O2. The smallest absolute Gasteiger partial charge is 0.114 e. The van der Waals surface area contributed by atoms with E-state index >= 15 is 0 Å². The van der Waals surface area contributed by atoms with Gasteiger partial charge in [0.25, 0.3) is 0 Å². The highest BCUT2D eigenvalue weighted by Crippen LogP contribution is 2.03. The van der Waals surface area contributed by atoms with E-state index in [0.717, 1.165) is 11.3 Å². The normalized spacial score (nSPS) is 12.1. The van der Waals surface area contributed by atoms with Gasteiger partial charge >= 0.3 is 0 Å². The van der Waals surface area contributed by atoms with Crippen LogP contribution in [0.25, 0.3) is 0 Å². The third kappa shape index (κ3) is 4.74. The molecule has 0 aromatic heterocycles. The number of ether oxygens (including phenoxy) is 1. The largest absolute Gasteiger partial charge is 0.497 e. The van der Waals surface area contributed by atoms with Crippen molar-refractivity contribution in [2.24, 2.45) is 0 Å². The van der Waals surface area contributed by atoms with Gasteiger partial charge in [0.05, 0.1) is 7.11 Å². The van der Waals surface area contributed by atoms with Crippen molar-refractivity contribution >= 4 is 0 Å². The minimum atomic E-state index is 0.140. The molecule has 1 N–H and O–H groups in total. The van der Waals surface area contributed by atoms with Gasteiger partial charge < -0.3 is 9.84 Å². The molecule has 0 saturated heterocycles. The molecular weight excluding hydrogens is 152 g/mol. The fourth-order valence-electron chi connectivity index (χ4n) is 0.709. The van der Waals surface area contributed by atoms with Crippen molar-refractivity contribution < 1.29 is 9.84 Å². The first-order valence-corrected chi connectivity index (χ1v) is 3.91. The Bertz CT molecular complexity index is 190. The van der Waals surface area contributed by atoms with Gasteiger partial charge in [-0.05, 0) is 25.5 Å². The van der Waals surface area contributed by atoms with E-state index in [-0.39, 0.29) is 6.61 Å². The second kappa shape index (κ2) is 6.68. The van der Waals surface area contributed by atoms with E-state index < -0.39 is 0 Å². The molecule has 0 bridgehead atoms. The Morgan fingerprint density at radius 1 is 1.50 bits per heavy atom. The van der Waals surface area contributed by atoms with Crippen molar-refractivity contribution in [2.75, 3.05) is 13.7 Å². The molecule has 0 atom stereocenters. The molecule has 0 radical (unpaired) electrons. The zero-order valence-corrected chi connectivity index (χ0v) is 7.71. The molecule has 68 valence electrons. The second-order valence-electron chi connectivity index (χ2n) is 2.36. The van der Waals surface area contributed by atoms with Gasteiger partial charge in [0.1, 0.15) is 5.76 Å². The first kappa shape index (κ1) is 11.0. The number of hydrogen-bond donors (Lipinski definition) is 1. The molecule has 2 heteroatoms. The van der Waals surface area contributed by atoms with Gasteiger partial charge in [-0.2, -0.15) is 0 Å². The lowest BCUT2D eigenvalue weighted by Gasteiger charge is -1.98. The van der Waals surface area contributed by atoms with Crippen LogP contribution in [0.5, 0.6) is 0 Å². The van der Waals surface area contributed by atoms with Crippen LogP contribution in [0.3, 0.4) is 0 Å². The highest BCUT2D eigenvalue weighted by atomic mass is 16.5. The lowest BCUT2D eigenvalue weighted by atomic mass is 10.2. The van der Waals surface area contributed by atoms with Gasteiger partial charge in [0.2, 0.25) is 0 Å². The van der Waals surface area contributed by atoms with E-state index in [2.05, 4.69) is 6.58 Å². The van der Waals surface area contributed by atoms with E-state index in [0.29, 0.717) is 6.42 Å². The van der Waals surface area contributed by atoms with Crippen LogP contribution < -0.4 is 0 Å². The highest BCUT2D eigenvalue weighted by Gasteiger charge is 1.88. The summed E-state index contributed by atoms with van der Waals surface area (Å²) >= 11 is 0. The minimum absolute atomic E-state index is 0.140. The van der Waals surface area contributed by atoms with Crippen LogP contribution in [0.1, 0.15) is 13.3 Å².